The summed E-state index contributed by atoms with van der Waals surface area (Å²) in [6, 6.07) is 2.46. The minimum Gasteiger partial charge on any atom is -0.372 e. The summed E-state index contributed by atoms with van der Waals surface area (Å²) in [5.74, 6) is 0. The van der Waals surface area contributed by atoms with E-state index in [9.17, 15) is 0 Å². The van der Waals surface area contributed by atoms with Crippen molar-refractivity contribution in [2.24, 2.45) is 5.73 Å². The first kappa shape index (κ1) is 7.13. The maximum absolute atomic E-state index is 5.92. The fraction of sp³-hybridized carbons (Fsp3) is 0.500. The van der Waals surface area contributed by atoms with Gasteiger partial charge in [-0.3, -0.25) is 0 Å². The summed E-state index contributed by atoms with van der Waals surface area (Å²) in [6.45, 7) is 3.10. The molecule has 0 aliphatic carbocycles. The third-order valence-corrected chi connectivity index (χ3v) is 3.25. The number of anilines is 1. The average molecular weight is 168 g/mol. The Hall–Kier alpha value is -0.540. The highest BCUT2D eigenvalue weighted by Gasteiger charge is 2.25. The second-order valence-corrected chi connectivity index (χ2v) is 4.38. The summed E-state index contributed by atoms with van der Waals surface area (Å²) < 4.78 is 0. The summed E-state index contributed by atoms with van der Waals surface area (Å²) in [4.78, 5) is 4.94. The highest BCUT2D eigenvalue weighted by molar-refractivity contribution is 7.12. The molecule has 0 radical (unpaired) electrons. The molecular weight excluding hydrogens is 156 g/mol. The molecule has 60 valence electrons. The van der Waals surface area contributed by atoms with Crippen molar-refractivity contribution < 1.29 is 0 Å². The highest BCUT2D eigenvalue weighted by Crippen LogP contribution is 2.38. The second-order valence-electron chi connectivity index (χ2n) is 3.09. The summed E-state index contributed by atoms with van der Waals surface area (Å²) in [5.41, 5.74) is 7.25. The lowest BCUT2D eigenvalue weighted by molar-refractivity contribution is 0.768. The SMILES string of the molecule is Cc1cc2c(s1)C(N)CN2C. The number of aryl methyl sites for hydroxylation is 1. The van der Waals surface area contributed by atoms with Crippen molar-refractivity contribution in [3.05, 3.63) is 15.8 Å². The quantitative estimate of drug-likeness (QED) is 0.636. The Kier molecular flexibility index (Phi) is 1.44. The predicted molar refractivity (Wildman–Crippen MR) is 49.3 cm³/mol. The smallest absolute Gasteiger partial charge is 0.0588 e. The van der Waals surface area contributed by atoms with E-state index >= 15 is 0 Å². The lowest BCUT2D eigenvalue weighted by atomic mass is 10.3. The molecule has 2 heterocycles. The van der Waals surface area contributed by atoms with Crippen molar-refractivity contribution in [2.75, 3.05) is 18.5 Å². The van der Waals surface area contributed by atoms with Crippen LogP contribution in [0.5, 0.6) is 0 Å². The van der Waals surface area contributed by atoms with Crippen molar-refractivity contribution in [1.82, 2.24) is 0 Å². The van der Waals surface area contributed by atoms with Crippen LogP contribution in [0.2, 0.25) is 0 Å². The second kappa shape index (κ2) is 2.22. The van der Waals surface area contributed by atoms with Gasteiger partial charge in [0.15, 0.2) is 0 Å². The van der Waals surface area contributed by atoms with Crippen molar-refractivity contribution in [3.8, 4) is 0 Å². The molecule has 1 atom stereocenters. The Labute approximate surface area is 70.6 Å². The summed E-state index contributed by atoms with van der Waals surface area (Å²) in [6.07, 6.45) is 0. The first-order valence-electron chi connectivity index (χ1n) is 3.75. The van der Waals surface area contributed by atoms with Gasteiger partial charge in [-0.1, -0.05) is 0 Å². The van der Waals surface area contributed by atoms with Gasteiger partial charge in [-0.25, -0.2) is 0 Å². The fourth-order valence-corrected chi connectivity index (χ4v) is 2.62. The molecule has 2 N–H and O–H groups in total. The van der Waals surface area contributed by atoms with Crippen LogP contribution in [0.1, 0.15) is 15.8 Å². The van der Waals surface area contributed by atoms with E-state index in [0.717, 1.165) is 6.54 Å². The Balaban J connectivity index is 2.50. The zero-order valence-electron chi connectivity index (χ0n) is 6.79. The Morgan fingerprint density at radius 2 is 2.45 bits per heavy atom. The van der Waals surface area contributed by atoms with E-state index in [1.54, 1.807) is 0 Å². The van der Waals surface area contributed by atoms with Gasteiger partial charge in [0.1, 0.15) is 0 Å². The number of nitrogens with zero attached hydrogens (tertiary/aromatic N) is 1. The van der Waals surface area contributed by atoms with E-state index in [4.69, 9.17) is 5.73 Å². The predicted octanol–water partition coefficient (Wildman–Crippen LogP) is 1.51. The van der Waals surface area contributed by atoms with Crippen LogP contribution < -0.4 is 10.6 Å². The highest BCUT2D eigenvalue weighted by atomic mass is 32.1. The van der Waals surface area contributed by atoms with Gasteiger partial charge < -0.3 is 10.6 Å². The minimum absolute atomic E-state index is 0.244. The number of rotatable bonds is 0. The van der Waals surface area contributed by atoms with Gasteiger partial charge in [-0.2, -0.15) is 0 Å². The summed E-state index contributed by atoms with van der Waals surface area (Å²) >= 11 is 1.82. The number of likely N-dealkylation sites (N-methyl/N-ethyl adjacent to an activating group) is 1. The van der Waals surface area contributed by atoms with Crippen molar-refractivity contribution in [1.29, 1.82) is 0 Å². The van der Waals surface area contributed by atoms with Crippen LogP contribution in [0.4, 0.5) is 5.69 Å². The van der Waals surface area contributed by atoms with Crippen molar-refractivity contribution in [3.63, 3.8) is 0 Å². The molecule has 0 spiro atoms. The standard InChI is InChI=1S/C8H12N2S/c1-5-3-7-8(11-5)6(9)4-10(7)2/h3,6H,4,9H2,1-2H3. The zero-order valence-corrected chi connectivity index (χ0v) is 7.61. The normalized spacial score (nSPS) is 22.5. The van der Waals surface area contributed by atoms with Crippen LogP contribution in [-0.4, -0.2) is 13.6 Å². The largest absolute Gasteiger partial charge is 0.372 e. The van der Waals surface area contributed by atoms with Gasteiger partial charge in [0.25, 0.3) is 0 Å². The zero-order chi connectivity index (χ0) is 8.01. The van der Waals surface area contributed by atoms with E-state index in [1.165, 1.54) is 15.4 Å². The van der Waals surface area contributed by atoms with E-state index in [-0.39, 0.29) is 6.04 Å². The molecule has 1 unspecified atom stereocenters. The van der Waals surface area contributed by atoms with Crippen LogP contribution in [-0.2, 0) is 0 Å². The molecule has 0 amide bonds. The molecule has 1 aliphatic rings. The van der Waals surface area contributed by atoms with E-state index < -0.39 is 0 Å². The molecule has 2 nitrogen and oxygen atoms in total. The van der Waals surface area contributed by atoms with Gasteiger partial charge in [0.2, 0.25) is 0 Å². The molecule has 1 aromatic heterocycles. The molecular formula is C8H12N2S. The minimum atomic E-state index is 0.244. The molecule has 2 rings (SSSR count). The molecule has 1 aliphatic heterocycles. The van der Waals surface area contributed by atoms with Gasteiger partial charge >= 0.3 is 0 Å². The van der Waals surface area contributed by atoms with Gasteiger partial charge in [0, 0.05) is 23.3 Å². The third kappa shape index (κ3) is 0.957. The number of hydrogen-bond acceptors (Lipinski definition) is 3. The molecule has 0 saturated carbocycles. The Bertz CT molecular complexity index is 254. The molecule has 0 saturated heterocycles. The Morgan fingerprint density at radius 3 is 3.09 bits per heavy atom. The summed E-state index contributed by atoms with van der Waals surface area (Å²) in [5, 5.41) is 0. The topological polar surface area (TPSA) is 29.3 Å². The van der Waals surface area contributed by atoms with E-state index in [1.807, 2.05) is 11.3 Å². The molecule has 11 heavy (non-hydrogen) atoms. The van der Waals surface area contributed by atoms with E-state index in [2.05, 4.69) is 24.9 Å². The van der Waals surface area contributed by atoms with Gasteiger partial charge in [-0.15, -0.1) is 11.3 Å². The van der Waals surface area contributed by atoms with Gasteiger partial charge in [0.05, 0.1) is 11.7 Å². The molecule has 0 bridgehead atoms. The number of nitrogens with two attached hydrogens (primary N) is 1. The molecule has 3 heteroatoms. The maximum Gasteiger partial charge on any atom is 0.0588 e. The van der Waals surface area contributed by atoms with Crippen molar-refractivity contribution in [2.45, 2.75) is 13.0 Å². The monoisotopic (exact) mass is 168 g/mol. The number of thiophene rings is 1. The first-order valence-corrected chi connectivity index (χ1v) is 4.57. The third-order valence-electron chi connectivity index (χ3n) is 2.08. The van der Waals surface area contributed by atoms with Crippen LogP contribution >= 0.6 is 11.3 Å². The lowest BCUT2D eigenvalue weighted by Crippen LogP contribution is -2.19. The number of hydrogen-bond donors (Lipinski definition) is 1. The molecule has 1 aromatic rings. The molecule has 0 aromatic carbocycles. The van der Waals surface area contributed by atoms with Gasteiger partial charge in [-0.05, 0) is 13.0 Å². The Morgan fingerprint density at radius 1 is 1.73 bits per heavy atom. The average Bonchev–Trinajstić information content (AvgIpc) is 2.38. The van der Waals surface area contributed by atoms with Crippen LogP contribution in [0.25, 0.3) is 0 Å². The van der Waals surface area contributed by atoms with E-state index in [0.29, 0.717) is 0 Å². The number of fused-ring (bicyclic) bond motifs is 1. The fourth-order valence-electron chi connectivity index (χ4n) is 1.56. The summed E-state index contributed by atoms with van der Waals surface area (Å²) in [7, 11) is 2.10. The first-order chi connectivity index (χ1) is 5.18. The maximum atomic E-state index is 5.92. The van der Waals surface area contributed by atoms with Crippen LogP contribution in [0.3, 0.4) is 0 Å². The van der Waals surface area contributed by atoms with Crippen LogP contribution in [0, 0.1) is 6.92 Å². The van der Waals surface area contributed by atoms with Crippen LogP contribution in [0.15, 0.2) is 6.07 Å². The lowest BCUT2D eigenvalue weighted by Gasteiger charge is -2.09. The van der Waals surface area contributed by atoms with Crippen molar-refractivity contribution >= 4 is 17.0 Å². The molecule has 0 fully saturated rings.